The minimum Gasteiger partial charge on any atom is -0.454 e. The molecule has 4 heteroatoms. The second-order valence-corrected chi connectivity index (χ2v) is 4.66. The summed E-state index contributed by atoms with van der Waals surface area (Å²) in [5.74, 6) is 2.17. The number of benzene rings is 1. The van der Waals surface area contributed by atoms with Gasteiger partial charge >= 0.3 is 0 Å². The smallest absolute Gasteiger partial charge is 0.231 e. The van der Waals surface area contributed by atoms with Gasteiger partial charge in [0.15, 0.2) is 11.5 Å². The highest BCUT2D eigenvalue weighted by molar-refractivity contribution is 6.33. The zero-order valence-corrected chi connectivity index (χ0v) is 11.0. The number of hydrogen-bond acceptors (Lipinski definition) is 3. The monoisotopic (exact) mass is 255 g/mol. The molecule has 1 aliphatic heterocycles. The number of fused-ring (bicyclic) bond motifs is 1. The van der Waals surface area contributed by atoms with Gasteiger partial charge in [-0.25, -0.2) is 0 Å². The molecule has 0 fully saturated rings. The normalized spacial score (nSPS) is 13.2. The average molecular weight is 256 g/mol. The van der Waals surface area contributed by atoms with Crippen LogP contribution in [0.5, 0.6) is 11.5 Å². The molecule has 1 heterocycles. The highest BCUT2D eigenvalue weighted by atomic mass is 35.5. The molecule has 0 aromatic heterocycles. The van der Waals surface area contributed by atoms with Crippen LogP contribution >= 0.6 is 11.6 Å². The van der Waals surface area contributed by atoms with Crippen molar-refractivity contribution >= 4 is 17.3 Å². The van der Waals surface area contributed by atoms with Gasteiger partial charge < -0.3 is 14.8 Å². The first-order valence-electron chi connectivity index (χ1n) is 6.07. The lowest BCUT2D eigenvalue weighted by Gasteiger charge is -2.15. The SMILES string of the molecule is CCC(CC)CNc1cc2c(cc1Cl)OCO2. The minimum atomic E-state index is 0.279. The van der Waals surface area contributed by atoms with Crippen molar-refractivity contribution in [3.8, 4) is 11.5 Å². The zero-order valence-electron chi connectivity index (χ0n) is 10.3. The Labute approximate surface area is 107 Å². The Balaban J connectivity index is 2.06. The summed E-state index contributed by atoms with van der Waals surface area (Å²) in [6.45, 7) is 5.63. The third-order valence-corrected chi connectivity index (χ3v) is 3.51. The lowest BCUT2D eigenvalue weighted by atomic mass is 10.0. The van der Waals surface area contributed by atoms with Gasteiger partial charge in [-0.05, 0) is 5.92 Å². The zero-order chi connectivity index (χ0) is 12.3. The van der Waals surface area contributed by atoms with Crippen LogP contribution in [0, 0.1) is 5.92 Å². The molecule has 0 saturated heterocycles. The van der Waals surface area contributed by atoms with E-state index in [1.54, 1.807) is 6.07 Å². The largest absolute Gasteiger partial charge is 0.454 e. The first kappa shape index (κ1) is 12.4. The van der Waals surface area contributed by atoms with Gasteiger partial charge in [0.25, 0.3) is 0 Å². The Morgan fingerprint density at radius 2 is 1.88 bits per heavy atom. The van der Waals surface area contributed by atoms with Crippen molar-refractivity contribution in [2.75, 3.05) is 18.7 Å². The number of anilines is 1. The fourth-order valence-electron chi connectivity index (χ4n) is 1.88. The maximum atomic E-state index is 6.18. The molecule has 1 aromatic carbocycles. The Bertz CT molecular complexity index is 391. The molecule has 0 spiro atoms. The number of hydrogen-bond donors (Lipinski definition) is 1. The van der Waals surface area contributed by atoms with E-state index in [1.807, 2.05) is 6.07 Å². The quantitative estimate of drug-likeness (QED) is 0.865. The van der Waals surface area contributed by atoms with E-state index in [1.165, 1.54) is 12.8 Å². The van der Waals surface area contributed by atoms with Crippen LogP contribution in [0.3, 0.4) is 0 Å². The lowest BCUT2D eigenvalue weighted by molar-refractivity contribution is 0.174. The second-order valence-electron chi connectivity index (χ2n) is 4.25. The molecule has 0 bridgehead atoms. The Morgan fingerprint density at radius 3 is 2.53 bits per heavy atom. The first-order chi connectivity index (χ1) is 8.24. The van der Waals surface area contributed by atoms with Crippen molar-refractivity contribution in [1.82, 2.24) is 0 Å². The van der Waals surface area contributed by atoms with E-state index in [-0.39, 0.29) is 6.79 Å². The average Bonchev–Trinajstić information content (AvgIpc) is 2.77. The van der Waals surface area contributed by atoms with Crippen molar-refractivity contribution < 1.29 is 9.47 Å². The summed E-state index contributed by atoms with van der Waals surface area (Å²) >= 11 is 6.18. The van der Waals surface area contributed by atoms with Gasteiger partial charge in [0.05, 0.1) is 10.7 Å². The van der Waals surface area contributed by atoms with Crippen LogP contribution in [0.2, 0.25) is 5.02 Å². The van der Waals surface area contributed by atoms with Crippen molar-refractivity contribution in [1.29, 1.82) is 0 Å². The molecule has 0 amide bonds. The third-order valence-electron chi connectivity index (χ3n) is 3.20. The minimum absolute atomic E-state index is 0.279. The van der Waals surface area contributed by atoms with Crippen molar-refractivity contribution in [3.05, 3.63) is 17.2 Å². The molecule has 17 heavy (non-hydrogen) atoms. The maximum absolute atomic E-state index is 6.18. The number of nitrogens with one attached hydrogen (secondary N) is 1. The van der Waals surface area contributed by atoms with Gasteiger partial charge in [0.2, 0.25) is 6.79 Å². The summed E-state index contributed by atoms with van der Waals surface area (Å²) in [6.07, 6.45) is 2.34. The van der Waals surface area contributed by atoms with Crippen LogP contribution in [0.15, 0.2) is 12.1 Å². The van der Waals surface area contributed by atoms with Crippen LogP contribution in [-0.4, -0.2) is 13.3 Å². The van der Waals surface area contributed by atoms with Crippen LogP contribution in [0.25, 0.3) is 0 Å². The molecular formula is C13H18ClNO2. The van der Waals surface area contributed by atoms with Gasteiger partial charge in [0.1, 0.15) is 0 Å². The van der Waals surface area contributed by atoms with E-state index in [0.717, 1.165) is 23.7 Å². The summed E-state index contributed by atoms with van der Waals surface area (Å²) in [5.41, 5.74) is 0.919. The molecule has 94 valence electrons. The summed E-state index contributed by atoms with van der Waals surface area (Å²) in [5, 5.41) is 4.06. The predicted molar refractivity (Wildman–Crippen MR) is 70.1 cm³/mol. The van der Waals surface area contributed by atoms with Crippen molar-refractivity contribution in [2.24, 2.45) is 5.92 Å². The van der Waals surface area contributed by atoms with Gasteiger partial charge in [-0.1, -0.05) is 38.3 Å². The Morgan fingerprint density at radius 1 is 1.24 bits per heavy atom. The topological polar surface area (TPSA) is 30.5 Å². The van der Waals surface area contributed by atoms with E-state index in [4.69, 9.17) is 21.1 Å². The van der Waals surface area contributed by atoms with Crippen LogP contribution in [0.1, 0.15) is 26.7 Å². The molecule has 0 aliphatic carbocycles. The van der Waals surface area contributed by atoms with E-state index < -0.39 is 0 Å². The fourth-order valence-corrected chi connectivity index (χ4v) is 2.10. The lowest BCUT2D eigenvalue weighted by Crippen LogP contribution is -2.12. The predicted octanol–water partition coefficient (Wildman–Crippen LogP) is 3.92. The highest BCUT2D eigenvalue weighted by Gasteiger charge is 2.16. The molecular weight excluding hydrogens is 238 g/mol. The summed E-state index contributed by atoms with van der Waals surface area (Å²) in [4.78, 5) is 0. The summed E-state index contributed by atoms with van der Waals surface area (Å²) < 4.78 is 10.6. The van der Waals surface area contributed by atoms with Crippen LogP contribution in [0.4, 0.5) is 5.69 Å². The van der Waals surface area contributed by atoms with Gasteiger partial charge in [-0.2, -0.15) is 0 Å². The van der Waals surface area contributed by atoms with Crippen molar-refractivity contribution in [2.45, 2.75) is 26.7 Å². The van der Waals surface area contributed by atoms with Crippen molar-refractivity contribution in [3.63, 3.8) is 0 Å². The molecule has 2 rings (SSSR count). The third kappa shape index (κ3) is 2.78. The van der Waals surface area contributed by atoms with Gasteiger partial charge in [-0.3, -0.25) is 0 Å². The molecule has 0 atom stereocenters. The summed E-state index contributed by atoms with van der Waals surface area (Å²) in [7, 11) is 0. The van der Waals surface area contributed by atoms with Gasteiger partial charge in [-0.15, -0.1) is 0 Å². The molecule has 1 N–H and O–H groups in total. The fraction of sp³-hybridized carbons (Fsp3) is 0.538. The van der Waals surface area contributed by atoms with E-state index in [2.05, 4.69) is 19.2 Å². The van der Waals surface area contributed by atoms with E-state index >= 15 is 0 Å². The molecule has 1 aliphatic rings. The molecule has 3 nitrogen and oxygen atoms in total. The van der Waals surface area contributed by atoms with E-state index in [0.29, 0.717) is 10.9 Å². The van der Waals surface area contributed by atoms with Crippen LogP contribution < -0.4 is 14.8 Å². The van der Waals surface area contributed by atoms with Gasteiger partial charge in [0, 0.05) is 18.7 Å². The van der Waals surface area contributed by atoms with E-state index in [9.17, 15) is 0 Å². The molecule has 0 unspecified atom stereocenters. The molecule has 0 radical (unpaired) electrons. The second kappa shape index (κ2) is 5.50. The first-order valence-corrected chi connectivity index (χ1v) is 6.45. The standard InChI is InChI=1S/C13H18ClNO2/c1-3-9(4-2)7-15-11-6-13-12(5-10(11)14)16-8-17-13/h5-6,9,15H,3-4,7-8H2,1-2H3. The maximum Gasteiger partial charge on any atom is 0.231 e. The molecule has 0 saturated carbocycles. The van der Waals surface area contributed by atoms with Crippen LogP contribution in [-0.2, 0) is 0 Å². The molecule has 1 aromatic rings. The summed E-state index contributed by atoms with van der Waals surface area (Å²) in [6, 6.07) is 3.71. The number of ether oxygens (including phenoxy) is 2. The highest BCUT2D eigenvalue weighted by Crippen LogP contribution is 2.39. The number of rotatable bonds is 5. The number of halogens is 1. The Hall–Kier alpha value is -1.09. The Kier molecular flexibility index (Phi) is 4.00.